The number of aliphatic carboxylic acids is 1. The van der Waals surface area contributed by atoms with Gasteiger partial charge in [-0.15, -0.1) is 0 Å². The predicted molar refractivity (Wildman–Crippen MR) is 177 cm³/mol. The maximum absolute atomic E-state index is 13.6. The molecule has 0 radical (unpaired) electrons. The van der Waals surface area contributed by atoms with E-state index >= 15 is 0 Å². The molecule has 1 fully saturated rings. The Labute approximate surface area is 266 Å². The number of para-hydroxylation sites is 1. The summed E-state index contributed by atoms with van der Waals surface area (Å²) in [7, 11) is 0. The highest BCUT2D eigenvalue weighted by molar-refractivity contribution is 6.01. The van der Waals surface area contributed by atoms with Gasteiger partial charge in [-0.05, 0) is 81.7 Å². The number of benzene rings is 2. The van der Waals surface area contributed by atoms with Crippen molar-refractivity contribution in [2.45, 2.75) is 97.1 Å². The number of carbonyl (C=O) groups is 4. The molecule has 242 valence electrons. The van der Waals surface area contributed by atoms with E-state index in [1.165, 1.54) is 5.56 Å². The lowest BCUT2D eigenvalue weighted by Gasteiger charge is -2.28. The first kappa shape index (κ1) is 33.7. The fourth-order valence-electron chi connectivity index (χ4n) is 6.28. The number of aromatic nitrogens is 1. The molecule has 3 N–H and O–H groups in total. The van der Waals surface area contributed by atoms with Crippen LogP contribution in [0.4, 0.5) is 5.69 Å². The van der Waals surface area contributed by atoms with Crippen molar-refractivity contribution in [3.63, 3.8) is 0 Å². The van der Waals surface area contributed by atoms with Crippen LogP contribution in [-0.4, -0.2) is 52.5 Å². The summed E-state index contributed by atoms with van der Waals surface area (Å²) < 4.78 is 1.82. The molecular formula is C36H48N4O5. The van der Waals surface area contributed by atoms with E-state index < -0.39 is 5.97 Å². The zero-order chi connectivity index (χ0) is 32.2. The van der Waals surface area contributed by atoms with Crippen LogP contribution in [0.1, 0.15) is 94.1 Å². The number of nitrogens with zero attached hydrogens (tertiary/aromatic N) is 2. The number of carbonyl (C=O) groups excluding carboxylic acids is 3. The molecule has 2 aromatic carbocycles. The molecule has 0 saturated heterocycles. The molecular weight excluding hydrogens is 568 g/mol. The van der Waals surface area contributed by atoms with Gasteiger partial charge in [-0.3, -0.25) is 19.2 Å². The van der Waals surface area contributed by atoms with Crippen LogP contribution in [0.5, 0.6) is 0 Å². The molecule has 9 nitrogen and oxygen atoms in total. The summed E-state index contributed by atoms with van der Waals surface area (Å²) in [4.78, 5) is 52.3. The molecule has 4 rings (SSSR count). The van der Waals surface area contributed by atoms with Crippen molar-refractivity contribution < 1.29 is 24.3 Å². The first-order valence-electron chi connectivity index (χ1n) is 16.6. The van der Waals surface area contributed by atoms with E-state index in [9.17, 15) is 19.2 Å². The van der Waals surface area contributed by atoms with Crippen LogP contribution in [0.25, 0.3) is 10.9 Å². The number of hydrogen-bond acceptors (Lipinski definition) is 4. The van der Waals surface area contributed by atoms with Crippen molar-refractivity contribution in [3.05, 3.63) is 65.9 Å². The van der Waals surface area contributed by atoms with Gasteiger partial charge in [0.15, 0.2) is 0 Å². The summed E-state index contributed by atoms with van der Waals surface area (Å²) in [5.74, 6) is -1.00. The molecule has 1 aromatic heterocycles. The third kappa shape index (κ3) is 9.42. The number of aryl methyl sites for hydroxylation is 1. The smallest absolute Gasteiger partial charge is 0.303 e. The number of nitrogens with one attached hydrogen (secondary N) is 2. The van der Waals surface area contributed by atoms with Crippen LogP contribution in [-0.2, 0) is 27.3 Å². The van der Waals surface area contributed by atoms with Gasteiger partial charge in [0.2, 0.25) is 11.8 Å². The zero-order valence-corrected chi connectivity index (χ0v) is 26.7. The molecule has 45 heavy (non-hydrogen) atoms. The largest absolute Gasteiger partial charge is 0.481 e. The average Bonchev–Trinajstić information content (AvgIpc) is 3.41. The van der Waals surface area contributed by atoms with Crippen LogP contribution >= 0.6 is 0 Å². The molecule has 0 atom stereocenters. The Balaban J connectivity index is 1.31. The highest BCUT2D eigenvalue weighted by Gasteiger charge is 2.28. The summed E-state index contributed by atoms with van der Waals surface area (Å²) in [5.41, 5.74) is 3.33. The second-order valence-electron chi connectivity index (χ2n) is 12.1. The van der Waals surface area contributed by atoms with Crippen LogP contribution in [0, 0.1) is 5.92 Å². The highest BCUT2D eigenvalue weighted by Crippen LogP contribution is 2.26. The molecule has 0 bridgehead atoms. The van der Waals surface area contributed by atoms with E-state index in [0.29, 0.717) is 25.2 Å². The van der Waals surface area contributed by atoms with Gasteiger partial charge in [-0.1, -0.05) is 56.5 Å². The molecule has 1 aliphatic carbocycles. The van der Waals surface area contributed by atoms with E-state index in [4.69, 9.17) is 5.11 Å². The van der Waals surface area contributed by atoms with Crippen LogP contribution in [0.3, 0.4) is 0 Å². The first-order valence-corrected chi connectivity index (χ1v) is 16.6. The fourth-order valence-corrected chi connectivity index (χ4v) is 6.28. The van der Waals surface area contributed by atoms with Crippen LogP contribution < -0.4 is 15.5 Å². The number of hydrogen-bond donors (Lipinski definition) is 3. The highest BCUT2D eigenvalue weighted by atomic mass is 16.4. The van der Waals surface area contributed by atoms with Crippen molar-refractivity contribution in [2.24, 2.45) is 5.92 Å². The maximum atomic E-state index is 13.6. The van der Waals surface area contributed by atoms with Gasteiger partial charge < -0.3 is 25.2 Å². The Kier molecular flexibility index (Phi) is 12.6. The minimum Gasteiger partial charge on any atom is -0.481 e. The number of amides is 3. The lowest BCUT2D eigenvalue weighted by atomic mass is 9.85. The lowest BCUT2D eigenvalue weighted by Crippen LogP contribution is -2.42. The molecule has 0 spiro atoms. The van der Waals surface area contributed by atoms with Gasteiger partial charge in [-0.25, -0.2) is 0 Å². The monoisotopic (exact) mass is 616 g/mol. The molecule has 9 heteroatoms. The number of likely N-dealkylation sites (N-methyl/N-ethyl adjacent to an activating group) is 1. The number of unbranched alkanes of at least 4 members (excludes halogenated alkanes) is 4. The van der Waals surface area contributed by atoms with Gasteiger partial charge >= 0.3 is 5.97 Å². The summed E-state index contributed by atoms with van der Waals surface area (Å²) in [6.45, 7) is 5.27. The summed E-state index contributed by atoms with van der Waals surface area (Å²) in [6.07, 6.45) is 8.44. The summed E-state index contributed by atoms with van der Waals surface area (Å²) in [6, 6.07) is 17.6. The van der Waals surface area contributed by atoms with E-state index in [0.717, 1.165) is 74.4 Å². The van der Waals surface area contributed by atoms with E-state index in [1.54, 1.807) is 4.90 Å². The van der Waals surface area contributed by atoms with Gasteiger partial charge in [0, 0.05) is 48.1 Å². The Morgan fingerprint density at radius 2 is 1.62 bits per heavy atom. The van der Waals surface area contributed by atoms with Crippen molar-refractivity contribution in [2.75, 3.05) is 18.0 Å². The quantitative estimate of drug-likeness (QED) is 0.168. The molecule has 1 heterocycles. The van der Waals surface area contributed by atoms with Gasteiger partial charge in [-0.2, -0.15) is 0 Å². The molecule has 0 aliphatic heterocycles. The van der Waals surface area contributed by atoms with Crippen molar-refractivity contribution >= 4 is 40.3 Å². The number of rotatable bonds is 16. The Hall–Kier alpha value is -4.14. The first-order chi connectivity index (χ1) is 21.8. The average molecular weight is 617 g/mol. The Bertz CT molecular complexity index is 1460. The molecule has 3 aromatic rings. The minimum atomic E-state index is -0.750. The van der Waals surface area contributed by atoms with Gasteiger partial charge in [0.25, 0.3) is 5.91 Å². The molecule has 1 aliphatic rings. The minimum absolute atomic E-state index is 0.0292. The SMILES string of the molecule is CCc1cccc(N(CC)C(=O)Cn2c(C(=O)NC3CCC(C(=O)NCCCCCCCC(=O)O)CC3)cc3ccccc32)c1. The summed E-state index contributed by atoms with van der Waals surface area (Å²) in [5, 5.41) is 15.9. The maximum Gasteiger partial charge on any atom is 0.303 e. The number of anilines is 1. The predicted octanol–water partition coefficient (Wildman–Crippen LogP) is 6.09. The number of carboxylic acids is 1. The van der Waals surface area contributed by atoms with Gasteiger partial charge in [0.05, 0.1) is 0 Å². The molecule has 0 unspecified atom stereocenters. The third-order valence-corrected chi connectivity index (χ3v) is 8.88. The fraction of sp³-hybridized carbons (Fsp3) is 0.500. The second kappa shape index (κ2) is 16.8. The molecule has 3 amide bonds. The summed E-state index contributed by atoms with van der Waals surface area (Å²) >= 11 is 0. The van der Waals surface area contributed by atoms with Crippen LogP contribution in [0.15, 0.2) is 54.6 Å². The zero-order valence-electron chi connectivity index (χ0n) is 26.7. The number of carboxylic acid groups (broad SMARTS) is 1. The number of fused-ring (bicyclic) bond motifs is 1. The van der Waals surface area contributed by atoms with Gasteiger partial charge in [0.1, 0.15) is 12.2 Å². The second-order valence-corrected chi connectivity index (χ2v) is 12.1. The topological polar surface area (TPSA) is 121 Å². The van der Waals surface area contributed by atoms with Crippen LogP contribution in [0.2, 0.25) is 0 Å². The van der Waals surface area contributed by atoms with Crippen molar-refractivity contribution in [1.82, 2.24) is 15.2 Å². The van der Waals surface area contributed by atoms with E-state index in [-0.39, 0.29) is 42.6 Å². The molecule has 1 saturated carbocycles. The Morgan fingerprint density at radius 1 is 0.889 bits per heavy atom. The van der Waals surface area contributed by atoms with Crippen molar-refractivity contribution in [1.29, 1.82) is 0 Å². The van der Waals surface area contributed by atoms with Crippen molar-refractivity contribution in [3.8, 4) is 0 Å². The Morgan fingerprint density at radius 3 is 2.36 bits per heavy atom. The normalized spacial score (nSPS) is 16.3. The lowest BCUT2D eigenvalue weighted by molar-refractivity contribution is -0.137. The third-order valence-electron chi connectivity index (χ3n) is 8.88. The van der Waals surface area contributed by atoms with E-state index in [2.05, 4.69) is 23.6 Å². The standard InChI is InChI=1S/C36H48N4O5/c1-3-26-13-12-15-30(23-26)39(4-2)33(41)25-40-31-16-10-9-14-28(31)24-32(40)36(45)38-29-20-18-27(19-21-29)35(44)37-22-11-7-5-6-8-17-34(42)43/h9-10,12-16,23-24,27,29H,3-8,11,17-22,25H2,1-2H3,(H,37,44)(H,38,45)(H,42,43). The van der Waals surface area contributed by atoms with E-state index in [1.807, 2.05) is 60.0 Å².